The summed E-state index contributed by atoms with van der Waals surface area (Å²) in [6.45, 7) is 3.45. The molecule has 1 aliphatic carbocycles. The van der Waals surface area contributed by atoms with Crippen molar-refractivity contribution in [2.45, 2.75) is 38.5 Å². The minimum Gasteiger partial charge on any atom is -0.396 e. The number of piperidine rings is 1. The van der Waals surface area contributed by atoms with Gasteiger partial charge in [-0.05, 0) is 70.5 Å². The highest BCUT2D eigenvalue weighted by atomic mass is 16.3. The van der Waals surface area contributed by atoms with Crippen molar-refractivity contribution in [1.29, 1.82) is 0 Å². The van der Waals surface area contributed by atoms with Crippen LogP contribution in [0.2, 0.25) is 0 Å². The monoisotopic (exact) mass is 268 g/mol. The number of carbonyl (C=O) groups is 1. The van der Waals surface area contributed by atoms with E-state index in [-0.39, 0.29) is 18.4 Å². The lowest BCUT2D eigenvalue weighted by Gasteiger charge is -2.30. The lowest BCUT2D eigenvalue weighted by Crippen LogP contribution is -2.39. The van der Waals surface area contributed by atoms with Crippen LogP contribution in [0.25, 0.3) is 0 Å². The maximum absolute atomic E-state index is 12.1. The van der Waals surface area contributed by atoms with Gasteiger partial charge in [0.1, 0.15) is 0 Å². The van der Waals surface area contributed by atoms with Gasteiger partial charge in [-0.2, -0.15) is 0 Å². The molecule has 1 heterocycles. The maximum atomic E-state index is 12.1. The van der Waals surface area contributed by atoms with Crippen LogP contribution in [-0.2, 0) is 4.79 Å². The van der Waals surface area contributed by atoms with Gasteiger partial charge in [-0.1, -0.05) is 0 Å². The van der Waals surface area contributed by atoms with Crippen molar-refractivity contribution in [2.24, 2.45) is 17.8 Å². The molecule has 0 atom stereocenters. The quantitative estimate of drug-likeness (QED) is 0.806. The molecule has 19 heavy (non-hydrogen) atoms. The molecule has 4 heteroatoms. The van der Waals surface area contributed by atoms with Gasteiger partial charge >= 0.3 is 0 Å². The SMILES string of the molecule is CN1CCC(CNC(=O)C2CCC(CO)CC2)CC1. The summed E-state index contributed by atoms with van der Waals surface area (Å²) < 4.78 is 0. The fourth-order valence-electron chi connectivity index (χ4n) is 3.26. The van der Waals surface area contributed by atoms with Crippen molar-refractivity contribution in [3.05, 3.63) is 0 Å². The molecule has 110 valence electrons. The molecule has 0 aromatic heterocycles. The number of hydrogen-bond acceptors (Lipinski definition) is 3. The first-order chi connectivity index (χ1) is 9.19. The highest BCUT2D eigenvalue weighted by Crippen LogP contribution is 2.28. The molecular formula is C15H28N2O2. The highest BCUT2D eigenvalue weighted by Gasteiger charge is 2.26. The molecule has 2 N–H and O–H groups in total. The second-order valence-electron chi connectivity index (χ2n) is 6.39. The summed E-state index contributed by atoms with van der Waals surface area (Å²) in [5, 5.41) is 12.3. The summed E-state index contributed by atoms with van der Waals surface area (Å²) in [5.41, 5.74) is 0. The summed E-state index contributed by atoms with van der Waals surface area (Å²) in [5.74, 6) is 1.52. The zero-order chi connectivity index (χ0) is 13.7. The van der Waals surface area contributed by atoms with Gasteiger partial charge in [0.25, 0.3) is 0 Å². The van der Waals surface area contributed by atoms with Gasteiger partial charge in [-0.3, -0.25) is 4.79 Å². The molecule has 2 rings (SSSR count). The molecule has 0 unspecified atom stereocenters. The molecule has 0 aromatic carbocycles. The number of likely N-dealkylation sites (tertiary alicyclic amines) is 1. The molecule has 0 spiro atoms. The summed E-state index contributed by atoms with van der Waals surface area (Å²) >= 11 is 0. The first kappa shape index (κ1) is 14.8. The average Bonchev–Trinajstić information content (AvgIpc) is 2.46. The fourth-order valence-corrected chi connectivity index (χ4v) is 3.26. The number of amides is 1. The van der Waals surface area contributed by atoms with E-state index in [0.717, 1.165) is 45.3 Å². The number of rotatable bonds is 4. The Bertz CT molecular complexity index is 280. The summed E-state index contributed by atoms with van der Waals surface area (Å²) in [4.78, 5) is 14.5. The van der Waals surface area contributed by atoms with Crippen molar-refractivity contribution < 1.29 is 9.90 Å². The Morgan fingerprint density at radius 2 is 1.74 bits per heavy atom. The van der Waals surface area contributed by atoms with E-state index in [0.29, 0.717) is 11.8 Å². The Balaban J connectivity index is 1.64. The van der Waals surface area contributed by atoms with Gasteiger partial charge in [-0.25, -0.2) is 0 Å². The molecule has 1 amide bonds. The van der Waals surface area contributed by atoms with Crippen LogP contribution in [0.1, 0.15) is 38.5 Å². The summed E-state index contributed by atoms with van der Waals surface area (Å²) in [6, 6.07) is 0. The second kappa shape index (κ2) is 7.25. The molecule has 2 aliphatic rings. The molecular weight excluding hydrogens is 240 g/mol. The third-order valence-electron chi connectivity index (χ3n) is 4.88. The van der Waals surface area contributed by atoms with E-state index in [1.54, 1.807) is 0 Å². The molecule has 0 radical (unpaired) electrons. The van der Waals surface area contributed by atoms with Crippen LogP contribution in [0.15, 0.2) is 0 Å². The van der Waals surface area contributed by atoms with Crippen molar-refractivity contribution >= 4 is 5.91 Å². The Morgan fingerprint density at radius 1 is 1.11 bits per heavy atom. The molecule has 1 saturated heterocycles. The third kappa shape index (κ3) is 4.46. The van der Waals surface area contributed by atoms with E-state index in [9.17, 15) is 4.79 Å². The van der Waals surface area contributed by atoms with Crippen molar-refractivity contribution in [3.63, 3.8) is 0 Å². The first-order valence-electron chi connectivity index (χ1n) is 7.76. The molecule has 1 aliphatic heterocycles. The fraction of sp³-hybridized carbons (Fsp3) is 0.933. The van der Waals surface area contributed by atoms with Crippen molar-refractivity contribution in [3.8, 4) is 0 Å². The standard InChI is InChI=1S/C15H28N2O2/c1-17-8-6-12(7-9-17)10-16-15(19)14-4-2-13(11-18)3-5-14/h12-14,18H,2-11H2,1H3,(H,16,19). The van der Waals surface area contributed by atoms with Gasteiger partial charge in [-0.15, -0.1) is 0 Å². The van der Waals surface area contributed by atoms with Crippen molar-refractivity contribution in [1.82, 2.24) is 10.2 Å². The topological polar surface area (TPSA) is 52.6 Å². The van der Waals surface area contributed by atoms with E-state index in [4.69, 9.17) is 5.11 Å². The number of nitrogens with one attached hydrogen (secondary N) is 1. The number of hydrogen-bond donors (Lipinski definition) is 2. The van der Waals surface area contributed by atoms with Gasteiger partial charge in [0.2, 0.25) is 5.91 Å². The normalized spacial score (nSPS) is 30.2. The molecule has 1 saturated carbocycles. The van der Waals surface area contributed by atoms with E-state index < -0.39 is 0 Å². The zero-order valence-corrected chi connectivity index (χ0v) is 12.1. The van der Waals surface area contributed by atoms with Crippen LogP contribution in [0.3, 0.4) is 0 Å². The summed E-state index contributed by atoms with van der Waals surface area (Å²) in [6.07, 6.45) is 6.31. The average molecular weight is 268 g/mol. The highest BCUT2D eigenvalue weighted by molar-refractivity contribution is 5.78. The smallest absolute Gasteiger partial charge is 0.223 e. The maximum Gasteiger partial charge on any atom is 0.223 e. The van der Waals surface area contributed by atoms with Gasteiger partial charge < -0.3 is 15.3 Å². The largest absolute Gasteiger partial charge is 0.396 e. The van der Waals surface area contributed by atoms with Crippen LogP contribution >= 0.6 is 0 Å². The number of aliphatic hydroxyl groups excluding tert-OH is 1. The van der Waals surface area contributed by atoms with Crippen LogP contribution < -0.4 is 5.32 Å². The number of aliphatic hydroxyl groups is 1. The van der Waals surface area contributed by atoms with Crippen LogP contribution in [0, 0.1) is 17.8 Å². The first-order valence-corrected chi connectivity index (χ1v) is 7.76. The van der Waals surface area contributed by atoms with E-state index in [2.05, 4.69) is 17.3 Å². The zero-order valence-electron chi connectivity index (χ0n) is 12.1. The molecule has 4 nitrogen and oxygen atoms in total. The minimum absolute atomic E-state index is 0.189. The van der Waals surface area contributed by atoms with E-state index in [1.165, 1.54) is 12.8 Å². The number of carbonyl (C=O) groups excluding carboxylic acids is 1. The lowest BCUT2D eigenvalue weighted by molar-refractivity contribution is -0.126. The van der Waals surface area contributed by atoms with Crippen LogP contribution in [0.4, 0.5) is 0 Å². The molecule has 2 fully saturated rings. The Hall–Kier alpha value is -0.610. The minimum atomic E-state index is 0.189. The second-order valence-corrected chi connectivity index (χ2v) is 6.39. The van der Waals surface area contributed by atoms with Crippen LogP contribution in [0.5, 0.6) is 0 Å². The van der Waals surface area contributed by atoms with Gasteiger partial charge in [0, 0.05) is 19.1 Å². The number of nitrogens with zero attached hydrogens (tertiary/aromatic N) is 1. The predicted molar refractivity (Wildman–Crippen MR) is 75.8 cm³/mol. The summed E-state index contributed by atoms with van der Waals surface area (Å²) in [7, 11) is 2.16. The van der Waals surface area contributed by atoms with E-state index in [1.807, 2.05) is 0 Å². The molecule has 0 bridgehead atoms. The predicted octanol–water partition coefficient (Wildman–Crippen LogP) is 1.24. The Labute approximate surface area is 116 Å². The van der Waals surface area contributed by atoms with E-state index >= 15 is 0 Å². The Morgan fingerprint density at radius 3 is 2.32 bits per heavy atom. The Kier molecular flexibility index (Phi) is 5.64. The van der Waals surface area contributed by atoms with Gasteiger partial charge in [0.15, 0.2) is 0 Å². The molecule has 0 aromatic rings. The van der Waals surface area contributed by atoms with Crippen molar-refractivity contribution in [2.75, 3.05) is 33.3 Å². The lowest BCUT2D eigenvalue weighted by atomic mass is 9.82. The van der Waals surface area contributed by atoms with Gasteiger partial charge in [0.05, 0.1) is 0 Å². The van der Waals surface area contributed by atoms with Crippen LogP contribution in [-0.4, -0.2) is 49.2 Å². The third-order valence-corrected chi connectivity index (χ3v) is 4.88.